The Hall–Kier alpha value is -1.94. The summed E-state index contributed by atoms with van der Waals surface area (Å²) < 4.78 is 13.5. The molecule has 0 spiro atoms. The topological polar surface area (TPSA) is 50.9 Å². The van der Waals surface area contributed by atoms with Gasteiger partial charge in [0.1, 0.15) is 11.6 Å². The van der Waals surface area contributed by atoms with Crippen molar-refractivity contribution in [1.29, 1.82) is 0 Å². The maximum Gasteiger partial charge on any atom is 0.128 e. The minimum Gasteiger partial charge on any atom is -0.383 e. The lowest BCUT2D eigenvalue weighted by Crippen LogP contribution is -2.19. The Morgan fingerprint density at radius 3 is 2.72 bits per heavy atom. The Morgan fingerprint density at radius 1 is 1.33 bits per heavy atom. The zero-order valence-electron chi connectivity index (χ0n) is 10.4. The number of nitrogens with zero attached hydrogens (tertiary/aromatic N) is 1. The monoisotopic (exact) mass is 245 g/mol. The van der Waals surface area contributed by atoms with Crippen LogP contribution in [-0.4, -0.2) is 12.0 Å². The van der Waals surface area contributed by atoms with Crippen molar-refractivity contribution >= 4 is 5.82 Å². The van der Waals surface area contributed by atoms with Gasteiger partial charge in [0.05, 0.1) is 6.04 Å². The van der Waals surface area contributed by atoms with Gasteiger partial charge in [0.15, 0.2) is 0 Å². The number of pyridine rings is 1. The van der Waals surface area contributed by atoms with Crippen LogP contribution in [0.25, 0.3) is 0 Å². The van der Waals surface area contributed by atoms with Gasteiger partial charge in [-0.2, -0.15) is 0 Å². The first-order valence-electron chi connectivity index (χ1n) is 5.76. The summed E-state index contributed by atoms with van der Waals surface area (Å²) in [6.45, 7) is 1.87. The molecule has 0 bridgehead atoms. The highest BCUT2D eigenvalue weighted by Crippen LogP contribution is 2.26. The quantitative estimate of drug-likeness (QED) is 0.873. The third-order valence-corrected chi connectivity index (χ3v) is 2.87. The van der Waals surface area contributed by atoms with Gasteiger partial charge in [-0.3, -0.25) is 0 Å². The normalized spacial score (nSPS) is 12.4. The van der Waals surface area contributed by atoms with Gasteiger partial charge in [0.25, 0.3) is 0 Å². The number of nitrogens with one attached hydrogen (secondary N) is 1. The van der Waals surface area contributed by atoms with Crippen molar-refractivity contribution in [3.63, 3.8) is 0 Å². The van der Waals surface area contributed by atoms with E-state index in [0.29, 0.717) is 5.82 Å². The molecule has 1 aromatic heterocycles. The number of aryl methyl sites for hydroxylation is 1. The number of hydrogen-bond donors (Lipinski definition) is 2. The van der Waals surface area contributed by atoms with Crippen molar-refractivity contribution in [2.45, 2.75) is 13.0 Å². The molecule has 0 amide bonds. The molecule has 1 atom stereocenters. The first-order chi connectivity index (χ1) is 8.61. The molecule has 4 heteroatoms. The van der Waals surface area contributed by atoms with E-state index >= 15 is 0 Å². The van der Waals surface area contributed by atoms with Crippen LogP contribution >= 0.6 is 0 Å². The van der Waals surface area contributed by atoms with Gasteiger partial charge in [-0.15, -0.1) is 0 Å². The molecular weight excluding hydrogens is 229 g/mol. The molecule has 18 heavy (non-hydrogen) atoms. The van der Waals surface area contributed by atoms with E-state index < -0.39 is 0 Å². The molecule has 0 aliphatic carbocycles. The molecule has 0 aliphatic heterocycles. The molecule has 0 saturated carbocycles. The predicted molar refractivity (Wildman–Crippen MR) is 70.7 cm³/mol. The van der Waals surface area contributed by atoms with E-state index in [1.807, 2.05) is 32.2 Å². The van der Waals surface area contributed by atoms with Gasteiger partial charge in [0.2, 0.25) is 0 Å². The molecule has 3 nitrogen and oxygen atoms in total. The van der Waals surface area contributed by atoms with E-state index in [4.69, 9.17) is 5.73 Å². The number of nitrogen functional groups attached to an aromatic ring is 1. The van der Waals surface area contributed by atoms with Gasteiger partial charge < -0.3 is 11.1 Å². The van der Waals surface area contributed by atoms with Crippen molar-refractivity contribution in [3.05, 3.63) is 59.0 Å². The fraction of sp³-hybridized carbons (Fsp3) is 0.214. The Morgan fingerprint density at radius 2 is 2.11 bits per heavy atom. The van der Waals surface area contributed by atoms with E-state index in [0.717, 1.165) is 16.7 Å². The van der Waals surface area contributed by atoms with Crippen LogP contribution in [-0.2, 0) is 0 Å². The minimum absolute atomic E-state index is 0.159. The number of halogens is 1. The van der Waals surface area contributed by atoms with Crippen molar-refractivity contribution in [2.75, 3.05) is 12.8 Å². The van der Waals surface area contributed by atoms with Crippen LogP contribution in [0, 0.1) is 12.7 Å². The molecule has 3 N–H and O–H groups in total. The number of hydrogen-bond acceptors (Lipinski definition) is 3. The summed E-state index contributed by atoms with van der Waals surface area (Å²) in [7, 11) is 1.82. The highest BCUT2D eigenvalue weighted by molar-refractivity contribution is 5.46. The fourth-order valence-corrected chi connectivity index (χ4v) is 2.11. The zero-order valence-corrected chi connectivity index (χ0v) is 10.4. The molecule has 0 radical (unpaired) electrons. The average Bonchev–Trinajstić information content (AvgIpc) is 2.31. The number of benzene rings is 1. The molecule has 0 fully saturated rings. The van der Waals surface area contributed by atoms with Crippen LogP contribution < -0.4 is 11.1 Å². The summed E-state index contributed by atoms with van der Waals surface area (Å²) in [5.74, 6) is 0.214. The Balaban J connectivity index is 2.48. The number of aromatic nitrogens is 1. The van der Waals surface area contributed by atoms with Crippen molar-refractivity contribution < 1.29 is 4.39 Å². The maximum atomic E-state index is 13.5. The molecule has 1 unspecified atom stereocenters. The summed E-state index contributed by atoms with van der Waals surface area (Å²) in [6.07, 6.45) is 1.64. The lowest BCUT2D eigenvalue weighted by atomic mass is 9.98. The predicted octanol–water partition coefficient (Wildman–Crippen LogP) is 2.42. The van der Waals surface area contributed by atoms with Crippen molar-refractivity contribution in [3.8, 4) is 0 Å². The summed E-state index contributed by atoms with van der Waals surface area (Å²) in [4.78, 5) is 4.06. The maximum absolute atomic E-state index is 13.5. The van der Waals surface area contributed by atoms with Gasteiger partial charge in [-0.1, -0.05) is 12.1 Å². The fourth-order valence-electron chi connectivity index (χ4n) is 2.11. The lowest BCUT2D eigenvalue weighted by molar-refractivity contribution is 0.615. The Labute approximate surface area is 106 Å². The van der Waals surface area contributed by atoms with Crippen LogP contribution in [0.5, 0.6) is 0 Å². The van der Waals surface area contributed by atoms with E-state index in [2.05, 4.69) is 10.3 Å². The second-order valence-corrected chi connectivity index (χ2v) is 4.26. The van der Waals surface area contributed by atoms with Gasteiger partial charge in [-0.05, 0) is 43.3 Å². The molecule has 1 aromatic carbocycles. The summed E-state index contributed by atoms with van der Waals surface area (Å²) >= 11 is 0. The van der Waals surface area contributed by atoms with Gasteiger partial charge in [0, 0.05) is 11.8 Å². The summed E-state index contributed by atoms with van der Waals surface area (Å²) in [5, 5.41) is 3.14. The average molecular weight is 245 g/mol. The van der Waals surface area contributed by atoms with Crippen LogP contribution in [0.1, 0.15) is 22.7 Å². The van der Waals surface area contributed by atoms with E-state index in [1.165, 1.54) is 12.1 Å². The minimum atomic E-state index is -0.243. The molecule has 1 heterocycles. The molecule has 2 aromatic rings. The summed E-state index contributed by atoms with van der Waals surface area (Å²) in [5.41, 5.74) is 8.44. The lowest BCUT2D eigenvalue weighted by Gasteiger charge is -2.19. The number of rotatable bonds is 3. The van der Waals surface area contributed by atoms with Gasteiger partial charge >= 0.3 is 0 Å². The third kappa shape index (κ3) is 2.49. The molecule has 0 aliphatic rings. The van der Waals surface area contributed by atoms with Crippen LogP contribution in [0.4, 0.5) is 10.2 Å². The van der Waals surface area contributed by atoms with Crippen molar-refractivity contribution in [2.24, 2.45) is 0 Å². The molecule has 0 saturated heterocycles. The molecule has 2 rings (SSSR count). The third-order valence-electron chi connectivity index (χ3n) is 2.87. The number of nitrogens with two attached hydrogens (primary N) is 1. The standard InChI is InChI=1S/C14H16FN3/c1-9-6-10(8-11(15)7-9)13(17-2)12-4-3-5-18-14(12)16/h3-8,13,17H,1-2H3,(H2,16,18). The highest BCUT2D eigenvalue weighted by Gasteiger charge is 2.16. The van der Waals surface area contributed by atoms with E-state index in [1.54, 1.807) is 6.20 Å². The number of anilines is 1. The Bertz CT molecular complexity index is 534. The van der Waals surface area contributed by atoms with Gasteiger partial charge in [-0.25, -0.2) is 9.37 Å². The van der Waals surface area contributed by atoms with E-state index in [-0.39, 0.29) is 11.9 Å². The first kappa shape index (κ1) is 12.5. The molecule has 94 valence electrons. The summed E-state index contributed by atoms with van der Waals surface area (Å²) in [6, 6.07) is 8.51. The largest absolute Gasteiger partial charge is 0.383 e. The molecular formula is C14H16FN3. The van der Waals surface area contributed by atoms with Crippen LogP contribution in [0.2, 0.25) is 0 Å². The van der Waals surface area contributed by atoms with Crippen LogP contribution in [0.3, 0.4) is 0 Å². The SMILES string of the molecule is CNC(c1cc(C)cc(F)c1)c1cccnc1N. The van der Waals surface area contributed by atoms with Crippen LogP contribution in [0.15, 0.2) is 36.5 Å². The highest BCUT2D eigenvalue weighted by atomic mass is 19.1. The Kier molecular flexibility index (Phi) is 3.58. The smallest absolute Gasteiger partial charge is 0.128 e. The second kappa shape index (κ2) is 5.14. The van der Waals surface area contributed by atoms with E-state index in [9.17, 15) is 4.39 Å². The first-order valence-corrected chi connectivity index (χ1v) is 5.76. The second-order valence-electron chi connectivity index (χ2n) is 4.26. The van der Waals surface area contributed by atoms with Crippen molar-refractivity contribution in [1.82, 2.24) is 10.3 Å². The zero-order chi connectivity index (χ0) is 13.1.